The van der Waals surface area contributed by atoms with Crippen molar-refractivity contribution in [1.82, 2.24) is 15.3 Å². The maximum absolute atomic E-state index is 4.77. The average Bonchev–Trinajstić information content (AvgIpc) is 3.05. The third-order valence-corrected chi connectivity index (χ3v) is 4.12. The zero-order chi connectivity index (χ0) is 14.5. The molecule has 1 N–H and O–H groups in total. The lowest BCUT2D eigenvalue weighted by atomic mass is 10.1. The van der Waals surface area contributed by atoms with Crippen LogP contribution in [0.2, 0.25) is 0 Å². The molecule has 0 saturated carbocycles. The summed E-state index contributed by atoms with van der Waals surface area (Å²) >= 11 is 1.64. The summed E-state index contributed by atoms with van der Waals surface area (Å²) < 4.78 is 0. The topological polar surface area (TPSA) is 37.8 Å². The van der Waals surface area contributed by atoms with Crippen molar-refractivity contribution in [2.45, 2.75) is 25.8 Å². The lowest BCUT2D eigenvalue weighted by molar-refractivity contribution is 0.516. The van der Waals surface area contributed by atoms with Crippen LogP contribution in [0.5, 0.6) is 0 Å². The Kier molecular flexibility index (Phi) is 4.58. The minimum atomic E-state index is 0.241. The molecule has 4 heteroatoms. The average molecular weight is 297 g/mol. The van der Waals surface area contributed by atoms with Crippen molar-refractivity contribution in [2.24, 2.45) is 0 Å². The Morgan fingerprint density at radius 3 is 2.90 bits per heavy atom. The van der Waals surface area contributed by atoms with Crippen molar-refractivity contribution in [1.29, 1.82) is 0 Å². The van der Waals surface area contributed by atoms with Gasteiger partial charge in [0.2, 0.25) is 0 Å². The van der Waals surface area contributed by atoms with Gasteiger partial charge in [0.05, 0.1) is 22.8 Å². The van der Waals surface area contributed by atoms with Crippen molar-refractivity contribution in [3.05, 3.63) is 58.7 Å². The molecule has 21 heavy (non-hydrogen) atoms. The van der Waals surface area contributed by atoms with Gasteiger partial charge in [-0.25, -0.2) is 4.98 Å². The van der Waals surface area contributed by atoms with E-state index >= 15 is 0 Å². The number of nitrogens with zero attached hydrogens (tertiary/aromatic N) is 2. The second-order valence-electron chi connectivity index (χ2n) is 5.12. The van der Waals surface area contributed by atoms with Gasteiger partial charge >= 0.3 is 0 Å². The summed E-state index contributed by atoms with van der Waals surface area (Å²) in [6, 6.07) is 12.8. The highest BCUT2D eigenvalue weighted by atomic mass is 32.1. The standard InChI is InChI=1S/C17H19N3S/c1-2-9-18-16(17-11-21-12-19-17)10-14-8-7-13-5-3-4-6-15(13)20-14/h3-8,11-12,16,18H,2,9-10H2,1H3. The van der Waals surface area contributed by atoms with E-state index in [1.54, 1.807) is 11.3 Å². The molecule has 108 valence electrons. The number of hydrogen-bond acceptors (Lipinski definition) is 4. The summed E-state index contributed by atoms with van der Waals surface area (Å²) in [6.07, 6.45) is 1.99. The van der Waals surface area contributed by atoms with Crippen LogP contribution >= 0.6 is 11.3 Å². The molecule has 0 fully saturated rings. The van der Waals surface area contributed by atoms with Crippen LogP contribution in [0, 0.1) is 0 Å². The van der Waals surface area contributed by atoms with E-state index in [0.29, 0.717) is 0 Å². The Morgan fingerprint density at radius 1 is 1.19 bits per heavy atom. The summed E-state index contributed by atoms with van der Waals surface area (Å²) in [5, 5.41) is 6.88. The fourth-order valence-corrected chi connectivity index (χ4v) is 3.03. The summed E-state index contributed by atoms with van der Waals surface area (Å²) in [7, 11) is 0. The third-order valence-electron chi connectivity index (χ3n) is 3.52. The second-order valence-corrected chi connectivity index (χ2v) is 5.84. The van der Waals surface area contributed by atoms with Crippen molar-refractivity contribution in [3.63, 3.8) is 0 Å². The molecule has 0 radical (unpaired) electrons. The predicted molar refractivity (Wildman–Crippen MR) is 88.6 cm³/mol. The Balaban J connectivity index is 1.83. The van der Waals surface area contributed by atoms with E-state index in [4.69, 9.17) is 4.98 Å². The van der Waals surface area contributed by atoms with Crippen molar-refractivity contribution in [2.75, 3.05) is 6.54 Å². The van der Waals surface area contributed by atoms with Gasteiger partial charge in [-0.05, 0) is 25.1 Å². The SMILES string of the molecule is CCCNC(Cc1ccc2ccccc2n1)c1cscn1. The second kappa shape index (κ2) is 6.78. The van der Waals surface area contributed by atoms with Gasteiger partial charge in [0.25, 0.3) is 0 Å². The summed E-state index contributed by atoms with van der Waals surface area (Å²) in [5.74, 6) is 0. The summed E-state index contributed by atoms with van der Waals surface area (Å²) in [5.41, 5.74) is 5.17. The Morgan fingerprint density at radius 2 is 2.10 bits per heavy atom. The molecule has 1 unspecified atom stereocenters. The maximum atomic E-state index is 4.77. The first kappa shape index (κ1) is 14.2. The number of nitrogens with one attached hydrogen (secondary N) is 1. The van der Waals surface area contributed by atoms with Crippen molar-refractivity contribution in [3.8, 4) is 0 Å². The Hall–Kier alpha value is -1.78. The Bertz CT molecular complexity index is 694. The van der Waals surface area contributed by atoms with Crippen LogP contribution in [0.15, 0.2) is 47.3 Å². The van der Waals surface area contributed by atoms with E-state index in [2.05, 4.69) is 46.9 Å². The van der Waals surface area contributed by atoms with Gasteiger partial charge in [0, 0.05) is 22.9 Å². The predicted octanol–water partition coefficient (Wildman–Crippen LogP) is 3.97. The zero-order valence-corrected chi connectivity index (χ0v) is 12.9. The van der Waals surface area contributed by atoms with E-state index in [1.165, 1.54) is 5.39 Å². The molecule has 1 atom stereocenters. The number of hydrogen-bond donors (Lipinski definition) is 1. The first-order chi connectivity index (χ1) is 10.4. The zero-order valence-electron chi connectivity index (χ0n) is 12.1. The van der Waals surface area contributed by atoms with Crippen LogP contribution in [0.3, 0.4) is 0 Å². The highest BCUT2D eigenvalue weighted by Gasteiger charge is 2.14. The Labute approximate surface area is 129 Å². The number of pyridine rings is 1. The van der Waals surface area contributed by atoms with Gasteiger partial charge in [-0.2, -0.15) is 0 Å². The minimum absolute atomic E-state index is 0.241. The number of aromatic nitrogens is 2. The number of rotatable bonds is 6. The minimum Gasteiger partial charge on any atom is -0.308 e. The lowest BCUT2D eigenvalue weighted by Crippen LogP contribution is -2.24. The van der Waals surface area contributed by atoms with Gasteiger partial charge in [0.15, 0.2) is 0 Å². The van der Waals surface area contributed by atoms with Crippen LogP contribution in [0.1, 0.15) is 30.8 Å². The van der Waals surface area contributed by atoms with Gasteiger partial charge in [-0.3, -0.25) is 4.98 Å². The number of para-hydroxylation sites is 1. The lowest BCUT2D eigenvalue weighted by Gasteiger charge is -2.16. The first-order valence-electron chi connectivity index (χ1n) is 7.33. The fourth-order valence-electron chi connectivity index (χ4n) is 2.42. The van der Waals surface area contributed by atoms with Crippen LogP contribution in [0.25, 0.3) is 10.9 Å². The molecule has 0 saturated heterocycles. The molecular formula is C17H19N3S. The monoisotopic (exact) mass is 297 g/mol. The molecule has 0 spiro atoms. The largest absolute Gasteiger partial charge is 0.308 e. The number of benzene rings is 1. The normalized spacial score (nSPS) is 12.6. The molecule has 3 aromatic rings. The molecule has 1 aromatic carbocycles. The molecule has 2 aromatic heterocycles. The quantitative estimate of drug-likeness (QED) is 0.748. The molecule has 0 aliphatic rings. The highest BCUT2D eigenvalue weighted by molar-refractivity contribution is 7.07. The van der Waals surface area contributed by atoms with E-state index in [-0.39, 0.29) is 6.04 Å². The molecule has 0 amide bonds. The molecule has 3 rings (SSSR count). The molecule has 0 aliphatic carbocycles. The van der Waals surface area contributed by atoms with Gasteiger partial charge < -0.3 is 5.32 Å². The maximum Gasteiger partial charge on any atom is 0.0795 e. The van der Waals surface area contributed by atoms with E-state index in [0.717, 1.165) is 36.3 Å². The van der Waals surface area contributed by atoms with Crippen molar-refractivity contribution < 1.29 is 0 Å². The first-order valence-corrected chi connectivity index (χ1v) is 8.27. The van der Waals surface area contributed by atoms with E-state index in [9.17, 15) is 0 Å². The molecule has 0 bridgehead atoms. The third kappa shape index (κ3) is 3.46. The molecule has 3 nitrogen and oxygen atoms in total. The van der Waals surface area contributed by atoms with E-state index < -0.39 is 0 Å². The van der Waals surface area contributed by atoms with Crippen LogP contribution in [-0.2, 0) is 6.42 Å². The van der Waals surface area contributed by atoms with Crippen LogP contribution in [0.4, 0.5) is 0 Å². The van der Waals surface area contributed by atoms with Gasteiger partial charge in [0.1, 0.15) is 0 Å². The number of fused-ring (bicyclic) bond motifs is 1. The number of thiazole rings is 1. The van der Waals surface area contributed by atoms with E-state index in [1.807, 2.05) is 17.6 Å². The van der Waals surface area contributed by atoms with Crippen LogP contribution < -0.4 is 5.32 Å². The van der Waals surface area contributed by atoms with Crippen LogP contribution in [-0.4, -0.2) is 16.5 Å². The fraction of sp³-hybridized carbons (Fsp3) is 0.294. The highest BCUT2D eigenvalue weighted by Crippen LogP contribution is 2.19. The summed E-state index contributed by atoms with van der Waals surface area (Å²) in [6.45, 7) is 3.18. The van der Waals surface area contributed by atoms with Crippen molar-refractivity contribution >= 4 is 22.2 Å². The smallest absolute Gasteiger partial charge is 0.0795 e. The summed E-state index contributed by atoms with van der Waals surface area (Å²) in [4.78, 5) is 9.22. The molecule has 2 heterocycles. The molecule has 0 aliphatic heterocycles. The van der Waals surface area contributed by atoms with Gasteiger partial charge in [-0.15, -0.1) is 11.3 Å². The molecular weight excluding hydrogens is 278 g/mol. The van der Waals surface area contributed by atoms with Gasteiger partial charge in [-0.1, -0.05) is 31.2 Å².